The van der Waals surface area contributed by atoms with Crippen LogP contribution >= 0.6 is 23.2 Å². The van der Waals surface area contributed by atoms with Crippen LogP contribution in [0.5, 0.6) is 0 Å². The lowest BCUT2D eigenvalue weighted by atomic mass is 10.1. The predicted molar refractivity (Wildman–Crippen MR) is 106 cm³/mol. The molecule has 3 rings (SSSR count). The van der Waals surface area contributed by atoms with E-state index in [-0.39, 0.29) is 28.9 Å². The summed E-state index contributed by atoms with van der Waals surface area (Å²) < 4.78 is 0. The van der Waals surface area contributed by atoms with Gasteiger partial charge in [0.15, 0.2) is 0 Å². The SMILES string of the molecule is O=C(Cc1ccccc1[N+](=O)[O-])N1CCN(C(=O)c2ccc(Cl)cc2Cl)CC1. The molecular weight excluding hydrogens is 405 g/mol. The summed E-state index contributed by atoms with van der Waals surface area (Å²) in [6.45, 7) is 1.44. The molecule has 9 heteroatoms. The number of amides is 2. The maximum Gasteiger partial charge on any atom is 0.273 e. The smallest absolute Gasteiger partial charge is 0.273 e. The largest absolute Gasteiger partial charge is 0.339 e. The molecule has 28 heavy (non-hydrogen) atoms. The molecule has 146 valence electrons. The van der Waals surface area contributed by atoms with Gasteiger partial charge in [-0.25, -0.2) is 0 Å². The standard InChI is InChI=1S/C19H17Cl2N3O4/c20-14-5-6-15(16(21)12-14)19(26)23-9-7-22(8-10-23)18(25)11-13-3-1-2-4-17(13)24(27)28/h1-6,12H,7-11H2. The van der Waals surface area contributed by atoms with Crippen molar-refractivity contribution in [2.75, 3.05) is 26.2 Å². The zero-order chi connectivity index (χ0) is 20.3. The Balaban J connectivity index is 1.61. The van der Waals surface area contributed by atoms with Crippen LogP contribution in [0.15, 0.2) is 42.5 Å². The number of hydrogen-bond acceptors (Lipinski definition) is 4. The van der Waals surface area contributed by atoms with Gasteiger partial charge in [0.1, 0.15) is 0 Å². The van der Waals surface area contributed by atoms with Gasteiger partial charge < -0.3 is 9.80 Å². The highest BCUT2D eigenvalue weighted by Crippen LogP contribution is 2.23. The zero-order valence-electron chi connectivity index (χ0n) is 14.8. The first-order valence-electron chi connectivity index (χ1n) is 8.61. The molecule has 2 aromatic rings. The molecule has 1 fully saturated rings. The average molecular weight is 422 g/mol. The molecule has 1 aliphatic heterocycles. The molecule has 7 nitrogen and oxygen atoms in total. The highest BCUT2D eigenvalue weighted by Gasteiger charge is 2.27. The summed E-state index contributed by atoms with van der Waals surface area (Å²) in [6, 6.07) is 10.9. The third-order valence-electron chi connectivity index (χ3n) is 4.61. The van der Waals surface area contributed by atoms with Gasteiger partial charge in [-0.3, -0.25) is 19.7 Å². The molecule has 0 saturated carbocycles. The molecule has 0 bridgehead atoms. The first kappa shape index (κ1) is 20.1. The maximum atomic E-state index is 12.6. The summed E-state index contributed by atoms with van der Waals surface area (Å²) in [6.07, 6.45) is -0.0475. The van der Waals surface area contributed by atoms with Gasteiger partial charge >= 0.3 is 0 Å². The van der Waals surface area contributed by atoms with Crippen LogP contribution in [0.1, 0.15) is 15.9 Å². The van der Waals surface area contributed by atoms with Crippen LogP contribution in [0.25, 0.3) is 0 Å². The lowest BCUT2D eigenvalue weighted by Crippen LogP contribution is -2.51. The Hall–Kier alpha value is -2.64. The van der Waals surface area contributed by atoms with E-state index in [1.165, 1.54) is 12.1 Å². The second-order valence-corrected chi connectivity index (χ2v) is 7.20. The van der Waals surface area contributed by atoms with Crippen LogP contribution in [0, 0.1) is 10.1 Å². The predicted octanol–water partition coefficient (Wildman–Crippen LogP) is 3.43. The van der Waals surface area contributed by atoms with E-state index in [9.17, 15) is 19.7 Å². The van der Waals surface area contributed by atoms with E-state index in [0.29, 0.717) is 42.3 Å². The first-order valence-corrected chi connectivity index (χ1v) is 9.37. The van der Waals surface area contributed by atoms with Crippen molar-refractivity contribution in [1.82, 2.24) is 9.80 Å². The van der Waals surface area contributed by atoms with Gasteiger partial charge in [-0.1, -0.05) is 41.4 Å². The topological polar surface area (TPSA) is 83.8 Å². The van der Waals surface area contributed by atoms with Crippen molar-refractivity contribution in [3.05, 3.63) is 73.8 Å². The minimum Gasteiger partial charge on any atom is -0.339 e. The van der Waals surface area contributed by atoms with Crippen molar-refractivity contribution in [1.29, 1.82) is 0 Å². The Morgan fingerprint density at radius 1 is 1.00 bits per heavy atom. The molecular formula is C19H17Cl2N3O4. The number of carbonyl (C=O) groups excluding carboxylic acids is 2. The van der Waals surface area contributed by atoms with Crippen LogP contribution in [0.3, 0.4) is 0 Å². The van der Waals surface area contributed by atoms with Crippen molar-refractivity contribution < 1.29 is 14.5 Å². The van der Waals surface area contributed by atoms with Crippen LogP contribution in [0.4, 0.5) is 5.69 Å². The van der Waals surface area contributed by atoms with E-state index in [1.54, 1.807) is 40.1 Å². The number of piperazine rings is 1. The molecule has 0 aliphatic carbocycles. The monoisotopic (exact) mass is 421 g/mol. The van der Waals surface area contributed by atoms with Crippen molar-refractivity contribution in [3.63, 3.8) is 0 Å². The summed E-state index contributed by atoms with van der Waals surface area (Å²) in [5.41, 5.74) is 0.678. The molecule has 1 heterocycles. The summed E-state index contributed by atoms with van der Waals surface area (Å²) in [5, 5.41) is 11.8. The van der Waals surface area contributed by atoms with Crippen molar-refractivity contribution in [2.45, 2.75) is 6.42 Å². The van der Waals surface area contributed by atoms with E-state index in [4.69, 9.17) is 23.2 Å². The fourth-order valence-electron chi connectivity index (χ4n) is 3.11. The number of nitrogens with zero attached hydrogens (tertiary/aromatic N) is 3. The second kappa shape index (κ2) is 8.58. The van der Waals surface area contributed by atoms with E-state index < -0.39 is 4.92 Å². The fourth-order valence-corrected chi connectivity index (χ4v) is 3.59. The lowest BCUT2D eigenvalue weighted by molar-refractivity contribution is -0.385. The Morgan fingerprint density at radius 2 is 1.64 bits per heavy atom. The molecule has 2 aromatic carbocycles. The lowest BCUT2D eigenvalue weighted by Gasteiger charge is -2.35. The molecule has 1 saturated heterocycles. The number of nitro groups is 1. The Labute approximate surface area is 171 Å². The van der Waals surface area contributed by atoms with Crippen LogP contribution in [-0.4, -0.2) is 52.7 Å². The summed E-state index contributed by atoms with van der Waals surface area (Å²) in [7, 11) is 0. The van der Waals surface area contributed by atoms with E-state index >= 15 is 0 Å². The average Bonchev–Trinajstić information content (AvgIpc) is 2.68. The number of benzene rings is 2. The van der Waals surface area contributed by atoms with Gasteiger partial charge in [-0.05, 0) is 18.2 Å². The Morgan fingerprint density at radius 3 is 2.29 bits per heavy atom. The first-order chi connectivity index (χ1) is 13.4. The number of nitro benzene ring substituents is 1. The minimum absolute atomic E-state index is 0.0475. The van der Waals surface area contributed by atoms with Crippen molar-refractivity contribution >= 4 is 40.7 Å². The molecule has 0 spiro atoms. The van der Waals surface area contributed by atoms with Gasteiger partial charge in [-0.2, -0.15) is 0 Å². The van der Waals surface area contributed by atoms with Gasteiger partial charge in [0.25, 0.3) is 11.6 Å². The van der Waals surface area contributed by atoms with Gasteiger partial charge in [0.2, 0.25) is 5.91 Å². The normalized spacial score (nSPS) is 14.1. The van der Waals surface area contributed by atoms with Gasteiger partial charge in [0, 0.05) is 42.8 Å². The van der Waals surface area contributed by atoms with Crippen molar-refractivity contribution in [3.8, 4) is 0 Å². The van der Waals surface area contributed by atoms with E-state index in [2.05, 4.69) is 0 Å². The molecule has 0 radical (unpaired) electrons. The van der Waals surface area contributed by atoms with Crippen molar-refractivity contribution in [2.24, 2.45) is 0 Å². The number of rotatable bonds is 4. The maximum absolute atomic E-state index is 12.6. The van der Waals surface area contributed by atoms with Gasteiger partial charge in [0.05, 0.1) is 21.9 Å². The molecule has 1 aliphatic rings. The molecule has 0 aromatic heterocycles. The highest BCUT2D eigenvalue weighted by atomic mass is 35.5. The number of halogens is 2. The third-order valence-corrected chi connectivity index (χ3v) is 5.16. The zero-order valence-corrected chi connectivity index (χ0v) is 16.3. The summed E-state index contributed by atoms with van der Waals surface area (Å²) in [4.78, 5) is 39.0. The number of para-hydroxylation sites is 1. The molecule has 0 N–H and O–H groups in total. The minimum atomic E-state index is -0.491. The quantitative estimate of drug-likeness (QED) is 0.558. The second-order valence-electron chi connectivity index (χ2n) is 6.36. The Kier molecular flexibility index (Phi) is 6.16. The van der Waals surface area contributed by atoms with Crippen LogP contribution < -0.4 is 0 Å². The summed E-state index contributed by atoms with van der Waals surface area (Å²) in [5.74, 6) is -0.418. The highest BCUT2D eigenvalue weighted by molar-refractivity contribution is 6.36. The number of hydrogen-bond donors (Lipinski definition) is 0. The molecule has 0 unspecified atom stereocenters. The number of carbonyl (C=O) groups is 2. The van der Waals surface area contributed by atoms with E-state index in [0.717, 1.165) is 0 Å². The Bertz CT molecular complexity index is 927. The summed E-state index contributed by atoms with van der Waals surface area (Å²) >= 11 is 12.0. The van der Waals surface area contributed by atoms with E-state index in [1.807, 2.05) is 0 Å². The molecule has 0 atom stereocenters. The van der Waals surface area contributed by atoms with Crippen LogP contribution in [0.2, 0.25) is 10.0 Å². The van der Waals surface area contributed by atoms with Crippen LogP contribution in [-0.2, 0) is 11.2 Å². The third kappa shape index (κ3) is 4.43. The van der Waals surface area contributed by atoms with Gasteiger partial charge in [-0.15, -0.1) is 0 Å². The fraction of sp³-hybridized carbons (Fsp3) is 0.263. The molecule has 2 amide bonds.